The lowest BCUT2D eigenvalue weighted by Gasteiger charge is -2.09. The molecule has 1 aromatic rings. The largest absolute Gasteiger partial charge is 0.355 e. The van der Waals surface area contributed by atoms with Crippen LogP contribution in [0, 0.1) is 0 Å². The summed E-state index contributed by atoms with van der Waals surface area (Å²) in [6.07, 6.45) is 1.53. The van der Waals surface area contributed by atoms with E-state index in [1.165, 1.54) is 13.1 Å². The van der Waals surface area contributed by atoms with E-state index in [0.717, 1.165) is 0 Å². The quantitative estimate of drug-likeness (QED) is 0.347. The molecular weight excluding hydrogens is 302 g/mol. The fourth-order valence-electron chi connectivity index (χ4n) is 1.24. The standard InChI is InChI=1S/C10H14BrN5O2/c1-6(17)13-2-3-14-10(18)8-4-7(11)5-15-9(8)16-12/h4-5H,2-3,12H2,1H3,(H,13,17)(H,14,18)(H,15,16). The highest BCUT2D eigenvalue weighted by Crippen LogP contribution is 2.16. The van der Waals surface area contributed by atoms with Crippen molar-refractivity contribution in [3.05, 3.63) is 22.3 Å². The Morgan fingerprint density at radius 1 is 1.39 bits per heavy atom. The van der Waals surface area contributed by atoms with Crippen molar-refractivity contribution >= 4 is 33.6 Å². The van der Waals surface area contributed by atoms with Gasteiger partial charge in [0.2, 0.25) is 5.91 Å². The molecule has 0 bridgehead atoms. The lowest BCUT2D eigenvalue weighted by atomic mass is 10.2. The van der Waals surface area contributed by atoms with Crippen LogP contribution in [0.3, 0.4) is 0 Å². The minimum atomic E-state index is -0.317. The zero-order valence-electron chi connectivity index (χ0n) is 9.79. The lowest BCUT2D eigenvalue weighted by Crippen LogP contribution is -2.34. The van der Waals surface area contributed by atoms with Gasteiger partial charge < -0.3 is 16.1 Å². The third-order valence-corrected chi connectivity index (χ3v) is 2.45. The number of halogens is 1. The number of aromatic nitrogens is 1. The maximum absolute atomic E-state index is 11.8. The molecule has 0 aliphatic carbocycles. The number of rotatable bonds is 5. The first-order chi connectivity index (χ1) is 8.54. The molecule has 0 fully saturated rings. The number of hydrazine groups is 1. The van der Waals surface area contributed by atoms with Gasteiger partial charge in [-0.3, -0.25) is 9.59 Å². The Hall–Kier alpha value is -1.67. The van der Waals surface area contributed by atoms with Gasteiger partial charge >= 0.3 is 0 Å². The number of nitrogens with two attached hydrogens (primary N) is 1. The second-order valence-electron chi connectivity index (χ2n) is 3.43. The number of hydrogen-bond donors (Lipinski definition) is 4. The molecule has 1 rings (SSSR count). The molecule has 0 radical (unpaired) electrons. The Morgan fingerprint density at radius 3 is 2.67 bits per heavy atom. The van der Waals surface area contributed by atoms with Crippen molar-refractivity contribution in [2.24, 2.45) is 5.84 Å². The summed E-state index contributed by atoms with van der Waals surface area (Å²) >= 11 is 3.23. The first-order valence-corrected chi connectivity index (χ1v) is 5.98. The van der Waals surface area contributed by atoms with E-state index >= 15 is 0 Å². The molecule has 1 heterocycles. The molecule has 1 aromatic heterocycles. The van der Waals surface area contributed by atoms with Crippen LogP contribution in [0.5, 0.6) is 0 Å². The summed E-state index contributed by atoms with van der Waals surface area (Å²) in [6, 6.07) is 1.61. The van der Waals surface area contributed by atoms with Gasteiger partial charge in [0.1, 0.15) is 0 Å². The van der Waals surface area contributed by atoms with E-state index in [1.807, 2.05) is 0 Å². The van der Waals surface area contributed by atoms with Gasteiger partial charge in [0.05, 0.1) is 5.56 Å². The zero-order chi connectivity index (χ0) is 13.5. The van der Waals surface area contributed by atoms with Gasteiger partial charge in [-0.25, -0.2) is 10.8 Å². The highest BCUT2D eigenvalue weighted by Gasteiger charge is 2.12. The topological polar surface area (TPSA) is 109 Å². The number of hydrogen-bond acceptors (Lipinski definition) is 5. The van der Waals surface area contributed by atoms with E-state index in [0.29, 0.717) is 23.1 Å². The van der Waals surface area contributed by atoms with Gasteiger partial charge in [-0.15, -0.1) is 0 Å². The van der Waals surface area contributed by atoms with Crippen molar-refractivity contribution < 1.29 is 9.59 Å². The van der Waals surface area contributed by atoms with Crippen molar-refractivity contribution in [2.75, 3.05) is 18.5 Å². The normalized spacial score (nSPS) is 9.72. The highest BCUT2D eigenvalue weighted by atomic mass is 79.9. The molecule has 8 heteroatoms. The van der Waals surface area contributed by atoms with Crippen LogP contribution >= 0.6 is 15.9 Å². The fraction of sp³-hybridized carbons (Fsp3) is 0.300. The van der Waals surface area contributed by atoms with Gasteiger partial charge in [0.25, 0.3) is 5.91 Å². The van der Waals surface area contributed by atoms with Gasteiger partial charge in [-0.1, -0.05) is 0 Å². The number of amides is 2. The van der Waals surface area contributed by atoms with E-state index in [9.17, 15) is 9.59 Å². The molecule has 2 amide bonds. The molecule has 0 spiro atoms. The zero-order valence-corrected chi connectivity index (χ0v) is 11.4. The van der Waals surface area contributed by atoms with Crippen LogP contribution in [-0.4, -0.2) is 29.9 Å². The number of nitrogens with zero attached hydrogens (tertiary/aromatic N) is 1. The van der Waals surface area contributed by atoms with Crippen molar-refractivity contribution in [1.82, 2.24) is 15.6 Å². The first kappa shape index (κ1) is 14.4. The predicted octanol–water partition coefficient (Wildman–Crippen LogP) is -0.00440. The monoisotopic (exact) mass is 315 g/mol. The van der Waals surface area contributed by atoms with Crippen molar-refractivity contribution in [3.8, 4) is 0 Å². The summed E-state index contributed by atoms with van der Waals surface area (Å²) in [7, 11) is 0. The third-order valence-electron chi connectivity index (χ3n) is 2.02. The van der Waals surface area contributed by atoms with Crippen LogP contribution in [-0.2, 0) is 4.79 Å². The molecule has 0 aliphatic rings. The molecule has 5 N–H and O–H groups in total. The summed E-state index contributed by atoms with van der Waals surface area (Å²) in [5, 5.41) is 5.22. The third kappa shape index (κ3) is 4.30. The van der Waals surface area contributed by atoms with E-state index in [2.05, 4.69) is 37.0 Å². The van der Waals surface area contributed by atoms with E-state index in [4.69, 9.17) is 5.84 Å². The van der Waals surface area contributed by atoms with Crippen molar-refractivity contribution in [2.45, 2.75) is 6.92 Å². The number of nitrogen functional groups attached to an aromatic ring is 1. The summed E-state index contributed by atoms with van der Waals surface area (Å²) in [5.41, 5.74) is 2.68. The Bertz CT molecular complexity index is 452. The molecule has 0 atom stereocenters. The number of pyridine rings is 1. The number of nitrogens with one attached hydrogen (secondary N) is 3. The smallest absolute Gasteiger partial charge is 0.255 e. The van der Waals surface area contributed by atoms with Crippen LogP contribution in [0.2, 0.25) is 0 Å². The van der Waals surface area contributed by atoms with Gasteiger partial charge in [-0.05, 0) is 22.0 Å². The number of carbonyl (C=O) groups is 2. The summed E-state index contributed by atoms with van der Waals surface area (Å²) in [4.78, 5) is 26.4. The summed E-state index contributed by atoms with van der Waals surface area (Å²) in [5.74, 6) is 5.10. The van der Waals surface area contributed by atoms with Crippen LogP contribution in [0.4, 0.5) is 5.82 Å². The Labute approximate surface area is 113 Å². The molecule has 0 saturated heterocycles. The molecule has 18 heavy (non-hydrogen) atoms. The molecule has 0 aromatic carbocycles. The van der Waals surface area contributed by atoms with Crippen LogP contribution in [0.15, 0.2) is 16.7 Å². The van der Waals surface area contributed by atoms with Crippen molar-refractivity contribution in [3.63, 3.8) is 0 Å². The van der Waals surface area contributed by atoms with Gasteiger partial charge in [-0.2, -0.15) is 0 Å². The first-order valence-electron chi connectivity index (χ1n) is 5.19. The van der Waals surface area contributed by atoms with Gasteiger partial charge in [0.15, 0.2) is 5.82 Å². The Balaban J connectivity index is 2.60. The minimum Gasteiger partial charge on any atom is -0.355 e. The van der Waals surface area contributed by atoms with E-state index in [-0.39, 0.29) is 17.6 Å². The molecule has 0 saturated carbocycles. The number of anilines is 1. The van der Waals surface area contributed by atoms with Crippen molar-refractivity contribution in [1.29, 1.82) is 0 Å². The predicted molar refractivity (Wildman–Crippen MR) is 70.8 cm³/mol. The second kappa shape index (κ2) is 6.92. The van der Waals surface area contributed by atoms with E-state index < -0.39 is 0 Å². The summed E-state index contributed by atoms with van der Waals surface area (Å²) < 4.78 is 0.675. The molecule has 98 valence electrons. The summed E-state index contributed by atoms with van der Waals surface area (Å²) in [6.45, 7) is 2.11. The van der Waals surface area contributed by atoms with Crippen LogP contribution in [0.1, 0.15) is 17.3 Å². The Morgan fingerprint density at radius 2 is 2.06 bits per heavy atom. The maximum atomic E-state index is 11.8. The molecule has 0 aliphatic heterocycles. The Kier molecular flexibility index (Phi) is 5.53. The average molecular weight is 316 g/mol. The van der Waals surface area contributed by atoms with Crippen LogP contribution < -0.4 is 21.9 Å². The molecule has 7 nitrogen and oxygen atoms in total. The average Bonchev–Trinajstić information content (AvgIpc) is 2.34. The molecular formula is C10H14BrN5O2. The van der Waals surface area contributed by atoms with E-state index in [1.54, 1.807) is 6.07 Å². The highest BCUT2D eigenvalue weighted by molar-refractivity contribution is 9.10. The maximum Gasteiger partial charge on any atom is 0.255 e. The minimum absolute atomic E-state index is 0.141. The van der Waals surface area contributed by atoms with Gasteiger partial charge in [0, 0.05) is 30.7 Å². The molecule has 0 unspecified atom stereocenters. The number of carbonyl (C=O) groups excluding carboxylic acids is 2. The second-order valence-corrected chi connectivity index (χ2v) is 4.35. The fourth-order valence-corrected chi connectivity index (χ4v) is 1.57. The SMILES string of the molecule is CC(=O)NCCNC(=O)c1cc(Br)cnc1NN. The van der Waals surface area contributed by atoms with Crippen LogP contribution in [0.25, 0.3) is 0 Å². The lowest BCUT2D eigenvalue weighted by molar-refractivity contribution is -0.118.